The Labute approximate surface area is 109 Å². The summed E-state index contributed by atoms with van der Waals surface area (Å²) >= 11 is 0. The second-order valence-corrected chi connectivity index (χ2v) is 4.82. The smallest absolute Gasteiger partial charge is 0.346 e. The van der Waals surface area contributed by atoms with E-state index in [2.05, 4.69) is 11.8 Å². The lowest BCUT2D eigenvalue weighted by Gasteiger charge is -2.19. The maximum Gasteiger partial charge on any atom is 0.346 e. The van der Waals surface area contributed by atoms with Gasteiger partial charge < -0.3 is 4.74 Å². The molecule has 0 spiro atoms. The van der Waals surface area contributed by atoms with Crippen LogP contribution in [-0.2, 0) is 9.53 Å². The highest BCUT2D eigenvalue weighted by Crippen LogP contribution is 2.10. The molecule has 1 aromatic rings. The maximum absolute atomic E-state index is 11.8. The third kappa shape index (κ3) is 4.88. The van der Waals surface area contributed by atoms with Gasteiger partial charge in [-0.3, -0.25) is 0 Å². The molecular formula is C16H18O2. The molecule has 0 aromatic heterocycles. The predicted octanol–water partition coefficient (Wildman–Crippen LogP) is 3.33. The van der Waals surface area contributed by atoms with Crippen molar-refractivity contribution >= 4 is 5.97 Å². The van der Waals surface area contributed by atoms with Crippen LogP contribution in [-0.4, -0.2) is 11.6 Å². The molecule has 2 heteroatoms. The van der Waals surface area contributed by atoms with Gasteiger partial charge in [-0.15, -0.1) is 0 Å². The van der Waals surface area contributed by atoms with Gasteiger partial charge in [-0.05, 0) is 39.8 Å². The Kier molecular flexibility index (Phi) is 4.74. The van der Waals surface area contributed by atoms with Crippen LogP contribution >= 0.6 is 0 Å². The molecular weight excluding hydrogens is 224 g/mol. The minimum atomic E-state index is -0.500. The first kappa shape index (κ1) is 14.1. The molecule has 0 amide bonds. The number of carbonyl (C=O) groups excluding carboxylic acids is 1. The highest BCUT2D eigenvalue weighted by Gasteiger charge is 2.18. The van der Waals surface area contributed by atoms with Gasteiger partial charge in [0.05, 0.1) is 0 Å². The number of allylic oxidation sites excluding steroid dienone is 1. The summed E-state index contributed by atoms with van der Waals surface area (Å²) in [6.45, 7) is 7.29. The molecule has 0 bridgehead atoms. The van der Waals surface area contributed by atoms with Crippen molar-refractivity contribution in [2.45, 2.75) is 33.3 Å². The van der Waals surface area contributed by atoms with Crippen LogP contribution < -0.4 is 0 Å². The number of esters is 1. The third-order valence-corrected chi connectivity index (χ3v) is 2.02. The lowest BCUT2D eigenvalue weighted by atomic mass is 10.1. The van der Waals surface area contributed by atoms with Crippen LogP contribution in [0.3, 0.4) is 0 Å². The Balaban J connectivity index is 2.82. The first-order valence-corrected chi connectivity index (χ1v) is 5.89. The van der Waals surface area contributed by atoms with E-state index in [1.807, 2.05) is 51.1 Å². The number of benzene rings is 1. The van der Waals surface area contributed by atoms with E-state index in [0.717, 1.165) is 5.56 Å². The molecule has 18 heavy (non-hydrogen) atoms. The molecule has 0 saturated heterocycles. The molecule has 0 heterocycles. The molecule has 0 saturated carbocycles. The summed E-state index contributed by atoms with van der Waals surface area (Å²) in [5, 5.41) is 0. The topological polar surface area (TPSA) is 26.3 Å². The molecule has 0 radical (unpaired) electrons. The molecule has 1 rings (SSSR count). The van der Waals surface area contributed by atoms with Crippen molar-refractivity contribution < 1.29 is 9.53 Å². The quantitative estimate of drug-likeness (QED) is 0.429. The van der Waals surface area contributed by atoms with Crippen LogP contribution in [0.15, 0.2) is 42.0 Å². The molecule has 2 nitrogen and oxygen atoms in total. The van der Waals surface area contributed by atoms with Gasteiger partial charge in [0.1, 0.15) is 11.2 Å². The molecule has 0 aliphatic rings. The molecule has 0 atom stereocenters. The average molecular weight is 242 g/mol. The zero-order valence-electron chi connectivity index (χ0n) is 11.3. The number of hydrogen-bond donors (Lipinski definition) is 0. The van der Waals surface area contributed by atoms with Gasteiger partial charge in [0.25, 0.3) is 0 Å². The zero-order valence-corrected chi connectivity index (χ0v) is 11.3. The fourth-order valence-electron chi connectivity index (χ4n) is 1.24. The second kappa shape index (κ2) is 6.07. The van der Waals surface area contributed by atoms with Crippen molar-refractivity contribution in [2.24, 2.45) is 0 Å². The summed E-state index contributed by atoms with van der Waals surface area (Å²) in [6, 6.07) is 9.54. The second-order valence-electron chi connectivity index (χ2n) is 4.82. The Morgan fingerprint density at radius 1 is 1.22 bits per heavy atom. The van der Waals surface area contributed by atoms with Gasteiger partial charge in [0.2, 0.25) is 0 Å². The maximum atomic E-state index is 11.8. The number of rotatable bonds is 1. The van der Waals surface area contributed by atoms with Gasteiger partial charge in [-0.2, -0.15) is 0 Å². The Hall–Kier alpha value is -2.01. The van der Waals surface area contributed by atoms with Crippen molar-refractivity contribution in [3.63, 3.8) is 0 Å². The molecule has 0 fully saturated rings. The van der Waals surface area contributed by atoms with E-state index in [-0.39, 0.29) is 5.97 Å². The summed E-state index contributed by atoms with van der Waals surface area (Å²) in [4.78, 5) is 11.8. The molecule has 94 valence electrons. The molecule has 0 N–H and O–H groups in total. The summed E-state index contributed by atoms with van der Waals surface area (Å²) in [5.74, 6) is 5.41. The van der Waals surface area contributed by atoms with Gasteiger partial charge >= 0.3 is 5.97 Å². The monoisotopic (exact) mass is 242 g/mol. The fraction of sp³-hybridized carbons (Fsp3) is 0.312. The molecule has 0 aliphatic heterocycles. The third-order valence-electron chi connectivity index (χ3n) is 2.02. The van der Waals surface area contributed by atoms with E-state index in [9.17, 15) is 4.79 Å². The highest BCUT2D eigenvalue weighted by molar-refractivity contribution is 5.93. The zero-order chi connectivity index (χ0) is 13.6. The first-order chi connectivity index (χ1) is 8.42. The van der Waals surface area contributed by atoms with Crippen molar-refractivity contribution in [3.8, 4) is 11.8 Å². The first-order valence-electron chi connectivity index (χ1n) is 5.89. The van der Waals surface area contributed by atoms with E-state index in [1.165, 1.54) is 0 Å². The van der Waals surface area contributed by atoms with Crippen LogP contribution in [0.2, 0.25) is 0 Å². The van der Waals surface area contributed by atoms with Crippen LogP contribution in [0, 0.1) is 11.8 Å². The Morgan fingerprint density at radius 2 is 1.83 bits per heavy atom. The van der Waals surface area contributed by atoms with Gasteiger partial charge in [-0.1, -0.05) is 36.1 Å². The fourth-order valence-corrected chi connectivity index (χ4v) is 1.24. The number of carbonyl (C=O) groups is 1. The van der Waals surface area contributed by atoms with E-state index < -0.39 is 5.60 Å². The van der Waals surface area contributed by atoms with Crippen molar-refractivity contribution in [2.75, 3.05) is 0 Å². The molecule has 0 unspecified atom stereocenters. The lowest BCUT2D eigenvalue weighted by molar-refractivity contribution is -0.149. The lowest BCUT2D eigenvalue weighted by Crippen LogP contribution is -2.24. The van der Waals surface area contributed by atoms with Gasteiger partial charge in [-0.25, -0.2) is 4.79 Å². The summed E-state index contributed by atoms with van der Waals surface area (Å²) < 4.78 is 5.27. The van der Waals surface area contributed by atoms with Crippen molar-refractivity contribution in [3.05, 3.63) is 47.5 Å². The van der Waals surface area contributed by atoms with Crippen LogP contribution in [0.25, 0.3) is 0 Å². The van der Waals surface area contributed by atoms with E-state index in [0.29, 0.717) is 5.57 Å². The SMILES string of the molecule is C/C=C(\C#Cc1ccccc1)C(=O)OC(C)(C)C. The number of ether oxygens (including phenoxy) is 1. The van der Waals surface area contributed by atoms with Gasteiger partial charge in [0.15, 0.2) is 0 Å². The van der Waals surface area contributed by atoms with E-state index >= 15 is 0 Å². The normalized spacial score (nSPS) is 11.4. The van der Waals surface area contributed by atoms with Crippen LogP contribution in [0.5, 0.6) is 0 Å². The molecule has 0 aliphatic carbocycles. The van der Waals surface area contributed by atoms with Crippen LogP contribution in [0.4, 0.5) is 0 Å². The minimum Gasteiger partial charge on any atom is -0.456 e. The standard InChI is InChI=1S/C16H18O2/c1-5-14(15(17)18-16(2,3)4)12-11-13-9-7-6-8-10-13/h5-10H,1-4H3/b14-5+. The highest BCUT2D eigenvalue weighted by atomic mass is 16.6. The predicted molar refractivity (Wildman–Crippen MR) is 72.9 cm³/mol. The van der Waals surface area contributed by atoms with E-state index in [4.69, 9.17) is 4.74 Å². The Bertz CT molecular complexity index is 493. The van der Waals surface area contributed by atoms with Gasteiger partial charge in [0, 0.05) is 5.56 Å². The van der Waals surface area contributed by atoms with Crippen molar-refractivity contribution in [1.29, 1.82) is 0 Å². The summed E-state index contributed by atoms with van der Waals surface area (Å²) in [5.41, 5.74) is 0.758. The van der Waals surface area contributed by atoms with Crippen molar-refractivity contribution in [1.82, 2.24) is 0 Å². The number of hydrogen-bond acceptors (Lipinski definition) is 2. The summed E-state index contributed by atoms with van der Waals surface area (Å²) in [6.07, 6.45) is 1.67. The largest absolute Gasteiger partial charge is 0.456 e. The Morgan fingerprint density at radius 3 is 2.33 bits per heavy atom. The average Bonchev–Trinajstić information content (AvgIpc) is 2.29. The minimum absolute atomic E-state index is 0.381. The molecule has 1 aromatic carbocycles. The summed E-state index contributed by atoms with van der Waals surface area (Å²) in [7, 11) is 0. The van der Waals surface area contributed by atoms with E-state index in [1.54, 1.807) is 13.0 Å². The van der Waals surface area contributed by atoms with Crippen LogP contribution in [0.1, 0.15) is 33.3 Å².